The summed E-state index contributed by atoms with van der Waals surface area (Å²) in [7, 11) is 1.87. The Morgan fingerprint density at radius 1 is 1.38 bits per heavy atom. The molecule has 0 bridgehead atoms. The summed E-state index contributed by atoms with van der Waals surface area (Å²) in [6.07, 6.45) is 0.673. The van der Waals surface area contributed by atoms with Gasteiger partial charge in [-0.25, -0.2) is 4.39 Å². The normalized spacial score (nSPS) is 12.7. The smallest absolute Gasteiger partial charge is 0.126 e. The van der Waals surface area contributed by atoms with Gasteiger partial charge in [-0.2, -0.15) is 5.10 Å². The number of nitrogens with zero attached hydrogens (tertiary/aromatic N) is 2. The maximum Gasteiger partial charge on any atom is 0.126 e. The number of aryl methyl sites for hydroxylation is 3. The predicted octanol–water partition coefficient (Wildman–Crippen LogP) is 3.82. The first-order valence-corrected chi connectivity index (χ1v) is 7.50. The predicted molar refractivity (Wildman–Crippen MR) is 84.3 cm³/mol. The van der Waals surface area contributed by atoms with Gasteiger partial charge in [0.15, 0.2) is 0 Å². The first-order chi connectivity index (χ1) is 9.97. The molecule has 1 unspecified atom stereocenters. The number of hydrogen-bond acceptors (Lipinski definition) is 2. The molecule has 0 radical (unpaired) electrons. The molecule has 0 aliphatic carbocycles. The van der Waals surface area contributed by atoms with Crippen molar-refractivity contribution in [2.45, 2.75) is 39.8 Å². The minimum Gasteiger partial charge on any atom is -0.313 e. The summed E-state index contributed by atoms with van der Waals surface area (Å²) in [6.45, 7) is 6.46. The number of aromatic nitrogens is 2. The van der Waals surface area contributed by atoms with Crippen molar-refractivity contribution in [2.75, 3.05) is 7.05 Å². The van der Waals surface area contributed by atoms with Crippen molar-refractivity contribution in [1.82, 2.24) is 15.1 Å². The van der Waals surface area contributed by atoms with E-state index in [0.29, 0.717) is 17.0 Å². The van der Waals surface area contributed by atoms with Gasteiger partial charge in [-0.3, -0.25) is 4.68 Å². The SMILES string of the molecule is CCn1nc(C)c(Cl)c1CC(NC)c1ccc(C)c(F)c1. The van der Waals surface area contributed by atoms with E-state index in [1.807, 2.05) is 31.6 Å². The molecule has 2 rings (SSSR count). The first-order valence-electron chi connectivity index (χ1n) is 7.13. The average Bonchev–Trinajstić information content (AvgIpc) is 2.75. The Hall–Kier alpha value is -1.39. The van der Waals surface area contributed by atoms with Gasteiger partial charge in [0, 0.05) is 19.0 Å². The number of nitrogens with one attached hydrogen (secondary N) is 1. The topological polar surface area (TPSA) is 29.9 Å². The largest absolute Gasteiger partial charge is 0.313 e. The molecule has 1 aromatic heterocycles. The van der Waals surface area contributed by atoms with Crippen LogP contribution in [0.25, 0.3) is 0 Å². The van der Waals surface area contributed by atoms with Crippen LogP contribution >= 0.6 is 11.6 Å². The van der Waals surface area contributed by atoms with Crippen molar-refractivity contribution in [1.29, 1.82) is 0 Å². The molecular weight excluding hydrogens is 289 g/mol. The lowest BCUT2D eigenvalue weighted by atomic mass is 10.0. The van der Waals surface area contributed by atoms with E-state index in [-0.39, 0.29) is 11.9 Å². The molecule has 1 heterocycles. The molecule has 0 fully saturated rings. The fourth-order valence-electron chi connectivity index (χ4n) is 2.47. The van der Waals surface area contributed by atoms with E-state index in [0.717, 1.165) is 23.5 Å². The van der Waals surface area contributed by atoms with E-state index in [1.165, 1.54) is 0 Å². The average molecular weight is 310 g/mol. The van der Waals surface area contributed by atoms with Crippen molar-refractivity contribution in [3.8, 4) is 0 Å². The van der Waals surface area contributed by atoms with Crippen molar-refractivity contribution in [3.63, 3.8) is 0 Å². The van der Waals surface area contributed by atoms with Gasteiger partial charge >= 0.3 is 0 Å². The van der Waals surface area contributed by atoms with Crippen LogP contribution in [0.3, 0.4) is 0 Å². The standard InChI is InChI=1S/C16H21ClFN3/c1-5-21-15(16(17)11(3)20-21)9-14(19-4)12-7-6-10(2)13(18)8-12/h6-8,14,19H,5,9H2,1-4H3. The van der Waals surface area contributed by atoms with Crippen LogP contribution in [-0.2, 0) is 13.0 Å². The highest BCUT2D eigenvalue weighted by Crippen LogP contribution is 2.26. The maximum atomic E-state index is 13.8. The molecular formula is C16H21ClFN3. The number of halogens is 2. The lowest BCUT2D eigenvalue weighted by Crippen LogP contribution is -2.21. The lowest BCUT2D eigenvalue weighted by molar-refractivity contribution is 0.535. The molecule has 1 aromatic carbocycles. The van der Waals surface area contributed by atoms with E-state index >= 15 is 0 Å². The molecule has 0 aliphatic rings. The van der Waals surface area contributed by atoms with E-state index < -0.39 is 0 Å². The van der Waals surface area contributed by atoms with Gasteiger partial charge in [-0.1, -0.05) is 23.7 Å². The van der Waals surface area contributed by atoms with Crippen molar-refractivity contribution in [3.05, 3.63) is 51.6 Å². The van der Waals surface area contributed by atoms with Gasteiger partial charge in [0.1, 0.15) is 5.82 Å². The van der Waals surface area contributed by atoms with Gasteiger partial charge in [0.25, 0.3) is 0 Å². The Morgan fingerprint density at radius 3 is 2.67 bits per heavy atom. The molecule has 0 spiro atoms. The van der Waals surface area contributed by atoms with E-state index in [1.54, 1.807) is 19.1 Å². The molecule has 0 saturated carbocycles. The second kappa shape index (κ2) is 6.58. The summed E-state index contributed by atoms with van der Waals surface area (Å²) in [5.74, 6) is -0.181. The van der Waals surface area contributed by atoms with Crippen LogP contribution < -0.4 is 5.32 Å². The lowest BCUT2D eigenvalue weighted by Gasteiger charge is -2.18. The molecule has 1 N–H and O–H groups in total. The number of likely N-dealkylation sites (N-methyl/N-ethyl adjacent to an activating group) is 1. The second-order valence-electron chi connectivity index (χ2n) is 5.22. The van der Waals surface area contributed by atoms with Crippen LogP contribution in [0.2, 0.25) is 5.02 Å². The Labute approximate surface area is 130 Å². The zero-order valence-corrected chi connectivity index (χ0v) is 13.6. The van der Waals surface area contributed by atoms with Crippen molar-refractivity contribution < 1.29 is 4.39 Å². The van der Waals surface area contributed by atoms with Crippen LogP contribution in [-0.4, -0.2) is 16.8 Å². The Morgan fingerprint density at radius 2 is 2.10 bits per heavy atom. The van der Waals surface area contributed by atoms with E-state index in [2.05, 4.69) is 10.4 Å². The minimum atomic E-state index is -0.181. The molecule has 0 aliphatic heterocycles. The summed E-state index contributed by atoms with van der Waals surface area (Å²) < 4.78 is 15.7. The molecule has 2 aromatic rings. The van der Waals surface area contributed by atoms with Gasteiger partial charge in [0.2, 0.25) is 0 Å². The molecule has 0 saturated heterocycles. The third-order valence-electron chi connectivity index (χ3n) is 3.80. The summed E-state index contributed by atoms with van der Waals surface area (Å²) in [5.41, 5.74) is 3.38. The molecule has 0 amide bonds. The third kappa shape index (κ3) is 3.27. The molecule has 21 heavy (non-hydrogen) atoms. The van der Waals surface area contributed by atoms with Gasteiger partial charge in [0.05, 0.1) is 16.4 Å². The zero-order valence-electron chi connectivity index (χ0n) is 12.9. The fourth-order valence-corrected chi connectivity index (χ4v) is 2.68. The Kier molecular flexibility index (Phi) is 5.01. The monoisotopic (exact) mass is 309 g/mol. The van der Waals surface area contributed by atoms with Crippen LogP contribution in [0.5, 0.6) is 0 Å². The Balaban J connectivity index is 2.33. The van der Waals surface area contributed by atoms with Crippen LogP contribution in [0.4, 0.5) is 4.39 Å². The highest BCUT2D eigenvalue weighted by molar-refractivity contribution is 6.31. The summed E-state index contributed by atoms with van der Waals surface area (Å²) in [5, 5.41) is 8.36. The van der Waals surface area contributed by atoms with Crippen molar-refractivity contribution >= 4 is 11.6 Å². The maximum absolute atomic E-state index is 13.8. The van der Waals surface area contributed by atoms with Crippen LogP contribution in [0.1, 0.15) is 35.5 Å². The summed E-state index contributed by atoms with van der Waals surface area (Å²) in [4.78, 5) is 0. The first kappa shape index (κ1) is 16.0. The van der Waals surface area contributed by atoms with Crippen molar-refractivity contribution in [2.24, 2.45) is 0 Å². The van der Waals surface area contributed by atoms with Crippen LogP contribution in [0.15, 0.2) is 18.2 Å². The summed E-state index contributed by atoms with van der Waals surface area (Å²) >= 11 is 6.35. The van der Waals surface area contributed by atoms with Gasteiger partial charge in [-0.05, 0) is 45.0 Å². The summed E-state index contributed by atoms with van der Waals surface area (Å²) in [6, 6.07) is 5.34. The highest BCUT2D eigenvalue weighted by atomic mass is 35.5. The minimum absolute atomic E-state index is 0.000926. The van der Waals surface area contributed by atoms with Crippen LogP contribution in [0, 0.1) is 19.7 Å². The van der Waals surface area contributed by atoms with E-state index in [4.69, 9.17) is 11.6 Å². The molecule has 1 atom stereocenters. The molecule has 3 nitrogen and oxygen atoms in total. The second-order valence-corrected chi connectivity index (χ2v) is 5.59. The van der Waals surface area contributed by atoms with Gasteiger partial charge < -0.3 is 5.32 Å². The molecule has 114 valence electrons. The van der Waals surface area contributed by atoms with Gasteiger partial charge in [-0.15, -0.1) is 0 Å². The third-order valence-corrected chi connectivity index (χ3v) is 4.29. The number of rotatable bonds is 5. The van der Waals surface area contributed by atoms with E-state index in [9.17, 15) is 4.39 Å². The quantitative estimate of drug-likeness (QED) is 0.910. The zero-order chi connectivity index (χ0) is 15.6. The fraction of sp³-hybridized carbons (Fsp3) is 0.438. The highest BCUT2D eigenvalue weighted by Gasteiger charge is 2.18. The number of hydrogen-bond donors (Lipinski definition) is 1. The Bertz CT molecular complexity index is 637. The molecule has 5 heteroatoms. The number of benzene rings is 1.